The number of rotatable bonds is 3. The highest BCUT2D eigenvalue weighted by molar-refractivity contribution is 5.72. The van der Waals surface area contributed by atoms with Crippen LogP contribution in [0.1, 0.15) is 72.6 Å². The molecule has 1 aliphatic rings. The van der Waals surface area contributed by atoms with E-state index in [1.165, 1.54) is 0 Å². The van der Waals surface area contributed by atoms with Crippen LogP contribution in [0.4, 0.5) is 0 Å². The Morgan fingerprint density at radius 3 is 2.60 bits per heavy atom. The Hall–Kier alpha value is -0.990. The highest BCUT2D eigenvalue weighted by Crippen LogP contribution is 2.24. The first-order chi connectivity index (χ1) is 9.42. The van der Waals surface area contributed by atoms with E-state index < -0.39 is 0 Å². The zero-order valence-corrected chi connectivity index (χ0v) is 13.5. The van der Waals surface area contributed by atoms with Crippen molar-refractivity contribution < 1.29 is 14.3 Å². The lowest BCUT2D eigenvalue weighted by molar-refractivity contribution is -0.160. The van der Waals surface area contributed by atoms with E-state index in [1.807, 2.05) is 27.7 Å². The zero-order chi connectivity index (χ0) is 15.0. The second-order valence-corrected chi connectivity index (χ2v) is 6.51. The average molecular weight is 282 g/mol. The van der Waals surface area contributed by atoms with Crippen molar-refractivity contribution in [3.8, 4) is 0 Å². The fraction of sp³-hybridized carbons (Fsp3) is 0.824. The minimum atomic E-state index is -0.386. The largest absolute Gasteiger partial charge is 0.499 e. The maximum absolute atomic E-state index is 12.2. The van der Waals surface area contributed by atoms with Crippen molar-refractivity contribution in [2.24, 2.45) is 5.92 Å². The molecular formula is C17H30O3. The van der Waals surface area contributed by atoms with E-state index in [1.54, 1.807) is 0 Å². The Morgan fingerprint density at radius 1 is 1.25 bits per heavy atom. The summed E-state index contributed by atoms with van der Waals surface area (Å²) in [6, 6.07) is 0. The van der Waals surface area contributed by atoms with Crippen LogP contribution in [0.3, 0.4) is 0 Å². The molecule has 0 aromatic rings. The maximum atomic E-state index is 12.2. The van der Waals surface area contributed by atoms with Gasteiger partial charge in [0.1, 0.15) is 5.60 Å². The summed E-state index contributed by atoms with van der Waals surface area (Å²) < 4.78 is 11.2. The summed E-state index contributed by atoms with van der Waals surface area (Å²) in [7, 11) is 0. The lowest BCUT2D eigenvalue weighted by Crippen LogP contribution is -2.29. The lowest BCUT2D eigenvalue weighted by Gasteiger charge is -2.24. The van der Waals surface area contributed by atoms with Gasteiger partial charge in [-0.3, -0.25) is 4.79 Å². The van der Waals surface area contributed by atoms with Crippen LogP contribution >= 0.6 is 0 Å². The van der Waals surface area contributed by atoms with Gasteiger partial charge in [-0.15, -0.1) is 0 Å². The summed E-state index contributed by atoms with van der Waals surface area (Å²) in [5.41, 5.74) is -0.386. The molecule has 0 radical (unpaired) electrons. The molecule has 0 bridgehead atoms. The molecule has 116 valence electrons. The van der Waals surface area contributed by atoms with Gasteiger partial charge in [-0.2, -0.15) is 0 Å². The van der Waals surface area contributed by atoms with Crippen LogP contribution in [-0.4, -0.2) is 18.2 Å². The van der Waals surface area contributed by atoms with Gasteiger partial charge >= 0.3 is 5.97 Å². The fourth-order valence-electron chi connectivity index (χ4n) is 2.50. The van der Waals surface area contributed by atoms with Crippen LogP contribution < -0.4 is 0 Å². The van der Waals surface area contributed by atoms with Crippen LogP contribution in [0.15, 0.2) is 11.8 Å². The Labute approximate surface area is 123 Å². The molecule has 1 atom stereocenters. The smallest absolute Gasteiger partial charge is 0.309 e. The standard InChI is InChI=1S/C17H30O3/c1-5-19-15-12-8-6-7-10-14(11-9-13-15)16(18)20-17(2,3)4/h12,14H,5-11,13H2,1-4H3. The molecule has 1 unspecified atom stereocenters. The molecule has 0 spiro atoms. The number of carbonyl (C=O) groups is 1. The lowest BCUT2D eigenvalue weighted by atomic mass is 9.93. The van der Waals surface area contributed by atoms with Gasteiger partial charge in [0.15, 0.2) is 0 Å². The van der Waals surface area contributed by atoms with Crippen LogP contribution in [0.5, 0.6) is 0 Å². The number of hydrogen-bond acceptors (Lipinski definition) is 3. The monoisotopic (exact) mass is 282 g/mol. The normalized spacial score (nSPS) is 21.8. The Bertz CT molecular complexity index is 326. The predicted octanol–water partition coefficient (Wildman–Crippen LogP) is 4.61. The second kappa shape index (κ2) is 8.33. The minimum Gasteiger partial charge on any atom is -0.499 e. The molecule has 0 amide bonds. The number of allylic oxidation sites excluding steroid dienone is 2. The van der Waals surface area contributed by atoms with Crippen LogP contribution in [0.2, 0.25) is 0 Å². The second-order valence-electron chi connectivity index (χ2n) is 6.51. The molecule has 0 saturated carbocycles. The molecule has 1 rings (SSSR count). The number of hydrogen-bond donors (Lipinski definition) is 0. The summed E-state index contributed by atoms with van der Waals surface area (Å²) in [6.07, 6.45) is 9.26. The SMILES string of the molecule is CCOC1=CCCCCC(C(=O)OC(C)(C)C)CCC1. The summed E-state index contributed by atoms with van der Waals surface area (Å²) in [5, 5.41) is 0. The van der Waals surface area contributed by atoms with E-state index in [9.17, 15) is 4.79 Å². The zero-order valence-electron chi connectivity index (χ0n) is 13.5. The molecule has 0 heterocycles. The van der Waals surface area contributed by atoms with Gasteiger partial charge in [0.05, 0.1) is 18.3 Å². The number of esters is 1. The molecule has 0 aromatic heterocycles. The van der Waals surface area contributed by atoms with Crippen molar-refractivity contribution in [1.29, 1.82) is 0 Å². The number of ether oxygens (including phenoxy) is 2. The van der Waals surface area contributed by atoms with E-state index in [-0.39, 0.29) is 17.5 Å². The van der Waals surface area contributed by atoms with Gasteiger partial charge in [-0.25, -0.2) is 0 Å². The Balaban J connectivity index is 2.54. The van der Waals surface area contributed by atoms with Crippen molar-refractivity contribution in [1.82, 2.24) is 0 Å². The summed E-state index contributed by atoms with van der Waals surface area (Å²) in [6.45, 7) is 8.54. The molecule has 0 saturated heterocycles. The molecular weight excluding hydrogens is 252 g/mol. The van der Waals surface area contributed by atoms with Gasteiger partial charge in [-0.1, -0.05) is 6.42 Å². The van der Waals surface area contributed by atoms with Crippen LogP contribution in [0, 0.1) is 5.92 Å². The first-order valence-electron chi connectivity index (χ1n) is 7.97. The van der Waals surface area contributed by atoms with Crippen molar-refractivity contribution in [3.63, 3.8) is 0 Å². The topological polar surface area (TPSA) is 35.5 Å². The van der Waals surface area contributed by atoms with Gasteiger partial charge in [0.25, 0.3) is 0 Å². The average Bonchev–Trinajstić information content (AvgIpc) is 2.34. The maximum Gasteiger partial charge on any atom is 0.309 e. The molecule has 0 aliphatic heterocycles. The first-order valence-corrected chi connectivity index (χ1v) is 7.97. The van der Waals surface area contributed by atoms with Gasteiger partial charge in [0.2, 0.25) is 0 Å². The highest BCUT2D eigenvalue weighted by atomic mass is 16.6. The third-order valence-electron chi connectivity index (χ3n) is 3.42. The summed E-state index contributed by atoms with van der Waals surface area (Å²) in [4.78, 5) is 12.2. The number of carbonyl (C=O) groups excluding carboxylic acids is 1. The quantitative estimate of drug-likeness (QED) is 0.709. The molecule has 0 fully saturated rings. The third kappa shape index (κ3) is 6.97. The van der Waals surface area contributed by atoms with Crippen molar-refractivity contribution in [2.45, 2.75) is 78.2 Å². The van der Waals surface area contributed by atoms with Gasteiger partial charge < -0.3 is 9.47 Å². The third-order valence-corrected chi connectivity index (χ3v) is 3.42. The van der Waals surface area contributed by atoms with Gasteiger partial charge in [0, 0.05) is 6.42 Å². The minimum absolute atomic E-state index is 0.0278. The molecule has 3 nitrogen and oxygen atoms in total. The summed E-state index contributed by atoms with van der Waals surface area (Å²) in [5.74, 6) is 1.12. The molecule has 0 N–H and O–H groups in total. The fourth-order valence-corrected chi connectivity index (χ4v) is 2.50. The highest BCUT2D eigenvalue weighted by Gasteiger charge is 2.24. The van der Waals surface area contributed by atoms with E-state index in [4.69, 9.17) is 9.47 Å². The van der Waals surface area contributed by atoms with E-state index in [0.717, 1.165) is 57.3 Å². The molecule has 3 heteroatoms. The Morgan fingerprint density at radius 2 is 1.95 bits per heavy atom. The van der Waals surface area contributed by atoms with Crippen LogP contribution in [0.25, 0.3) is 0 Å². The molecule has 0 aromatic carbocycles. The summed E-state index contributed by atoms with van der Waals surface area (Å²) >= 11 is 0. The van der Waals surface area contributed by atoms with Crippen LogP contribution in [-0.2, 0) is 14.3 Å². The van der Waals surface area contributed by atoms with Crippen molar-refractivity contribution in [2.75, 3.05) is 6.61 Å². The first kappa shape index (κ1) is 17.1. The van der Waals surface area contributed by atoms with Gasteiger partial charge in [-0.05, 0) is 65.9 Å². The molecule has 20 heavy (non-hydrogen) atoms. The Kier molecular flexibility index (Phi) is 7.11. The van der Waals surface area contributed by atoms with Crippen molar-refractivity contribution in [3.05, 3.63) is 11.8 Å². The van der Waals surface area contributed by atoms with E-state index in [0.29, 0.717) is 0 Å². The predicted molar refractivity (Wildman–Crippen MR) is 81.4 cm³/mol. The van der Waals surface area contributed by atoms with E-state index >= 15 is 0 Å². The van der Waals surface area contributed by atoms with E-state index in [2.05, 4.69) is 6.08 Å². The molecule has 1 aliphatic carbocycles. The van der Waals surface area contributed by atoms with Crippen molar-refractivity contribution >= 4 is 5.97 Å².